The van der Waals surface area contributed by atoms with Crippen molar-refractivity contribution in [1.29, 1.82) is 0 Å². The fourth-order valence-electron chi connectivity index (χ4n) is 2.17. The van der Waals surface area contributed by atoms with Crippen molar-refractivity contribution in [3.63, 3.8) is 0 Å². The molecule has 142 valence electrons. The third kappa shape index (κ3) is 5.06. The minimum atomic E-state index is -0.777. The number of hydrogen-bond donors (Lipinski definition) is 2. The smallest absolute Gasteiger partial charge is 0.275 e. The van der Waals surface area contributed by atoms with Crippen LogP contribution >= 0.6 is 22.6 Å². The summed E-state index contributed by atoms with van der Waals surface area (Å²) in [6, 6.07) is 6.64. The van der Waals surface area contributed by atoms with Gasteiger partial charge in [-0.3, -0.25) is 14.9 Å². The van der Waals surface area contributed by atoms with Crippen LogP contribution in [0.3, 0.4) is 0 Å². The molecular weight excluding hydrogens is 469 g/mol. The first-order chi connectivity index (χ1) is 12.9. The Balaban J connectivity index is 2.19. The van der Waals surface area contributed by atoms with E-state index in [0.717, 1.165) is 21.8 Å². The van der Waals surface area contributed by atoms with Gasteiger partial charge in [-0.2, -0.15) is 5.10 Å². The van der Waals surface area contributed by atoms with Crippen LogP contribution in [0.5, 0.6) is 17.2 Å². The zero-order chi connectivity index (χ0) is 20.0. The van der Waals surface area contributed by atoms with Crippen LogP contribution < -0.4 is 14.9 Å². The second kappa shape index (κ2) is 9.16. The molecule has 0 spiro atoms. The number of nitrogens with zero attached hydrogens (tertiary/aromatic N) is 2. The van der Waals surface area contributed by atoms with Gasteiger partial charge in [0.25, 0.3) is 11.6 Å². The van der Waals surface area contributed by atoms with Crippen molar-refractivity contribution in [3.05, 3.63) is 55.1 Å². The highest BCUT2D eigenvalue weighted by molar-refractivity contribution is 14.1. The maximum absolute atomic E-state index is 12.1. The monoisotopic (exact) mass is 485 g/mol. The maximum Gasteiger partial charge on any atom is 0.275 e. The molecule has 0 bridgehead atoms. The minimum absolute atomic E-state index is 0.249. The average molecular weight is 485 g/mol. The Kier molecular flexibility index (Phi) is 6.93. The first kappa shape index (κ1) is 20.4. The van der Waals surface area contributed by atoms with Crippen molar-refractivity contribution < 1.29 is 24.3 Å². The third-order valence-corrected chi connectivity index (χ3v) is 4.15. The van der Waals surface area contributed by atoms with Crippen LogP contribution in [0.15, 0.2) is 35.4 Å². The van der Waals surface area contributed by atoms with Crippen LogP contribution in [0.25, 0.3) is 0 Å². The average Bonchev–Trinajstić information content (AvgIpc) is 2.62. The van der Waals surface area contributed by atoms with Gasteiger partial charge in [-0.25, -0.2) is 5.43 Å². The molecule has 0 saturated carbocycles. The number of hydrazone groups is 1. The molecule has 0 aliphatic carbocycles. The third-order valence-electron chi connectivity index (χ3n) is 3.35. The predicted molar refractivity (Wildman–Crippen MR) is 107 cm³/mol. The highest BCUT2D eigenvalue weighted by Crippen LogP contribution is 2.33. The molecule has 27 heavy (non-hydrogen) atoms. The topological polar surface area (TPSA) is 123 Å². The number of hydrogen-bond acceptors (Lipinski definition) is 7. The number of amides is 1. The lowest BCUT2D eigenvalue weighted by Crippen LogP contribution is -2.18. The molecule has 2 N–H and O–H groups in total. The highest BCUT2D eigenvalue weighted by atomic mass is 127. The number of carbonyl (C=O) groups is 1. The molecule has 0 atom stereocenters. The summed E-state index contributed by atoms with van der Waals surface area (Å²) in [5.41, 5.74) is 2.31. The first-order valence-corrected chi connectivity index (χ1v) is 8.76. The molecule has 0 aliphatic heterocycles. The van der Waals surface area contributed by atoms with Gasteiger partial charge in [0.15, 0.2) is 11.5 Å². The van der Waals surface area contributed by atoms with Crippen molar-refractivity contribution in [2.24, 2.45) is 5.10 Å². The van der Waals surface area contributed by atoms with Gasteiger partial charge in [0.05, 0.1) is 34.0 Å². The Morgan fingerprint density at radius 3 is 2.78 bits per heavy atom. The normalized spacial score (nSPS) is 10.6. The number of nitrogens with one attached hydrogen (secondary N) is 1. The molecule has 9 nitrogen and oxygen atoms in total. The number of carbonyl (C=O) groups excluding carboxylic acids is 1. The van der Waals surface area contributed by atoms with Gasteiger partial charge in [-0.15, -0.1) is 0 Å². The summed E-state index contributed by atoms with van der Waals surface area (Å²) >= 11 is 2.09. The van der Waals surface area contributed by atoms with Gasteiger partial charge >= 0.3 is 0 Å². The molecule has 2 rings (SSSR count). The molecule has 0 aliphatic rings. The van der Waals surface area contributed by atoms with Crippen LogP contribution in [-0.2, 0) is 0 Å². The molecule has 0 radical (unpaired) electrons. The van der Waals surface area contributed by atoms with Gasteiger partial charge in [0.1, 0.15) is 5.75 Å². The molecule has 0 saturated heterocycles. The van der Waals surface area contributed by atoms with E-state index in [-0.39, 0.29) is 17.0 Å². The number of aromatic hydroxyl groups is 1. The van der Waals surface area contributed by atoms with Gasteiger partial charge < -0.3 is 14.6 Å². The Hall–Kier alpha value is -2.89. The van der Waals surface area contributed by atoms with Crippen LogP contribution in [0.4, 0.5) is 5.69 Å². The van der Waals surface area contributed by atoms with Crippen molar-refractivity contribution >= 4 is 40.4 Å². The summed E-state index contributed by atoms with van der Waals surface area (Å²) in [6.07, 6.45) is 1.39. The van der Waals surface area contributed by atoms with Gasteiger partial charge in [0, 0.05) is 12.1 Å². The number of nitro groups is 1. The van der Waals surface area contributed by atoms with E-state index in [2.05, 4.69) is 33.1 Å². The number of rotatable bonds is 7. The van der Waals surface area contributed by atoms with Crippen LogP contribution in [0.1, 0.15) is 22.8 Å². The zero-order valence-corrected chi connectivity index (χ0v) is 16.6. The molecule has 0 aromatic heterocycles. The molecule has 1 amide bonds. The van der Waals surface area contributed by atoms with Gasteiger partial charge in [0.2, 0.25) is 0 Å². The van der Waals surface area contributed by atoms with E-state index >= 15 is 0 Å². The van der Waals surface area contributed by atoms with Gasteiger partial charge in [-0.05, 0) is 53.3 Å². The number of non-ortho nitro benzene ring substituents is 1. The summed E-state index contributed by atoms with van der Waals surface area (Å²) in [4.78, 5) is 22.3. The quantitative estimate of drug-likeness (QED) is 0.269. The summed E-state index contributed by atoms with van der Waals surface area (Å²) in [7, 11) is 1.54. The highest BCUT2D eigenvalue weighted by Gasteiger charge is 2.16. The fourth-order valence-corrected chi connectivity index (χ4v) is 3.01. The van der Waals surface area contributed by atoms with E-state index < -0.39 is 10.8 Å². The van der Waals surface area contributed by atoms with Crippen molar-refractivity contribution in [1.82, 2.24) is 5.43 Å². The largest absolute Gasteiger partial charge is 0.507 e. The van der Waals surface area contributed by atoms with E-state index in [0.29, 0.717) is 23.7 Å². The molecule has 0 heterocycles. The predicted octanol–water partition coefficient (Wildman–Crippen LogP) is 3.08. The number of ether oxygens (including phenoxy) is 2. The van der Waals surface area contributed by atoms with E-state index in [1.165, 1.54) is 6.21 Å². The molecule has 0 fully saturated rings. The van der Waals surface area contributed by atoms with Crippen LogP contribution in [0.2, 0.25) is 0 Å². The lowest BCUT2D eigenvalue weighted by Gasteiger charge is -2.11. The molecular formula is C17H16IN3O6. The number of methoxy groups -OCH3 is 1. The molecule has 10 heteroatoms. The van der Waals surface area contributed by atoms with E-state index in [4.69, 9.17) is 9.47 Å². The summed E-state index contributed by atoms with van der Waals surface area (Å²) in [5.74, 6) is -0.0252. The summed E-state index contributed by atoms with van der Waals surface area (Å²) in [5, 5.41) is 24.3. The van der Waals surface area contributed by atoms with E-state index in [1.807, 2.05) is 6.92 Å². The standard InChI is InChI=1S/C17H16IN3O6/c1-3-27-15-7-10(6-13(18)16(15)26-2)9-19-20-17(23)12-8-11(21(24)25)4-5-14(12)22/h4-9,22H,3H2,1-2H3,(H,20,23)/b19-9+. The van der Waals surface area contributed by atoms with Crippen molar-refractivity contribution in [2.45, 2.75) is 6.92 Å². The molecule has 2 aromatic rings. The lowest BCUT2D eigenvalue weighted by atomic mass is 10.1. The van der Waals surface area contributed by atoms with E-state index in [9.17, 15) is 20.0 Å². The Bertz CT molecular complexity index is 900. The summed E-state index contributed by atoms with van der Waals surface area (Å²) in [6.45, 7) is 2.30. The van der Waals surface area contributed by atoms with Crippen LogP contribution in [-0.4, -0.2) is 35.9 Å². The number of nitro benzene ring substituents is 1. The Morgan fingerprint density at radius 1 is 1.41 bits per heavy atom. The first-order valence-electron chi connectivity index (χ1n) is 7.68. The minimum Gasteiger partial charge on any atom is -0.507 e. The van der Waals surface area contributed by atoms with E-state index in [1.54, 1.807) is 19.2 Å². The zero-order valence-electron chi connectivity index (χ0n) is 14.4. The Labute approximate surface area is 168 Å². The Morgan fingerprint density at radius 2 is 2.15 bits per heavy atom. The SMILES string of the molecule is CCOc1cc(/C=N/NC(=O)c2cc([N+](=O)[O-])ccc2O)cc(I)c1OC. The molecule has 2 aromatic carbocycles. The number of phenolic OH excluding ortho intramolecular Hbond substituents is 1. The number of halogens is 1. The second-order valence-electron chi connectivity index (χ2n) is 5.12. The number of phenols is 1. The fraction of sp³-hybridized carbons (Fsp3) is 0.176. The lowest BCUT2D eigenvalue weighted by molar-refractivity contribution is -0.384. The maximum atomic E-state index is 12.1. The van der Waals surface area contributed by atoms with Crippen molar-refractivity contribution in [3.8, 4) is 17.2 Å². The van der Waals surface area contributed by atoms with Gasteiger partial charge in [-0.1, -0.05) is 0 Å². The second-order valence-corrected chi connectivity index (χ2v) is 6.29. The molecule has 0 unspecified atom stereocenters. The summed E-state index contributed by atoms with van der Waals surface area (Å²) < 4.78 is 11.6. The number of benzene rings is 2. The van der Waals surface area contributed by atoms with Crippen LogP contribution in [0, 0.1) is 13.7 Å². The van der Waals surface area contributed by atoms with Crippen molar-refractivity contribution in [2.75, 3.05) is 13.7 Å².